The van der Waals surface area contributed by atoms with E-state index in [1.807, 2.05) is 0 Å². The van der Waals surface area contributed by atoms with E-state index < -0.39 is 19.8 Å². The average molecular weight is 275 g/mol. The predicted molar refractivity (Wildman–Crippen MR) is 71.3 cm³/mol. The van der Waals surface area contributed by atoms with Crippen molar-refractivity contribution in [2.45, 2.75) is 37.8 Å². The van der Waals surface area contributed by atoms with E-state index in [0.717, 1.165) is 24.1 Å². The Balaban J connectivity index is 2.81. The molecule has 1 unspecified atom stereocenters. The Labute approximate surface area is 107 Å². The highest BCUT2D eigenvalue weighted by Crippen LogP contribution is 2.30. The third kappa shape index (κ3) is 4.14. The highest BCUT2D eigenvalue weighted by molar-refractivity contribution is 6.77. The highest BCUT2D eigenvalue weighted by Gasteiger charge is 2.30. The lowest BCUT2D eigenvalue weighted by atomic mass is 10.1. The molecular weight excluding hydrogens is 255 g/mol. The van der Waals surface area contributed by atoms with Gasteiger partial charge >= 0.3 is 6.18 Å². The van der Waals surface area contributed by atoms with Gasteiger partial charge in [0, 0.05) is 8.07 Å². The molecule has 1 aromatic carbocycles. The van der Waals surface area contributed by atoms with E-state index in [0.29, 0.717) is 12.1 Å². The first kappa shape index (κ1) is 15.2. The number of hydrogen-bond acceptors (Lipinski definition) is 1. The summed E-state index contributed by atoms with van der Waals surface area (Å²) in [6, 6.07) is 5.41. The maximum Gasteiger partial charge on any atom is 0.416 e. The molecule has 102 valence electrons. The number of hydrogen-bond donors (Lipinski definition) is 1. The van der Waals surface area contributed by atoms with Crippen molar-refractivity contribution >= 4 is 8.07 Å². The molecule has 5 heteroatoms. The summed E-state index contributed by atoms with van der Waals surface area (Å²) < 4.78 is 37.3. The van der Waals surface area contributed by atoms with E-state index in [9.17, 15) is 13.2 Å². The van der Waals surface area contributed by atoms with E-state index in [1.165, 1.54) is 0 Å². The van der Waals surface area contributed by atoms with Crippen LogP contribution in [0.2, 0.25) is 25.2 Å². The molecule has 0 saturated carbocycles. The fourth-order valence-electron chi connectivity index (χ4n) is 1.86. The van der Waals surface area contributed by atoms with Crippen molar-refractivity contribution in [1.29, 1.82) is 0 Å². The summed E-state index contributed by atoms with van der Waals surface area (Å²) in [4.78, 5) is 0. The molecule has 1 rings (SSSR count). The predicted octanol–water partition coefficient (Wildman–Crippen LogP) is 3.92. The summed E-state index contributed by atoms with van der Waals surface area (Å²) in [5.41, 5.74) is 6.50. The lowest BCUT2D eigenvalue weighted by Gasteiger charge is -2.27. The third-order valence-corrected chi connectivity index (χ3v) is 6.16. The second-order valence-corrected chi connectivity index (χ2v) is 11.2. The molecule has 1 nitrogen and oxygen atoms in total. The van der Waals surface area contributed by atoms with Crippen LogP contribution in [0.15, 0.2) is 24.3 Å². The summed E-state index contributed by atoms with van der Waals surface area (Å²) >= 11 is 0. The van der Waals surface area contributed by atoms with Crippen molar-refractivity contribution in [2.75, 3.05) is 6.54 Å². The van der Waals surface area contributed by atoms with Crippen molar-refractivity contribution in [1.82, 2.24) is 0 Å². The van der Waals surface area contributed by atoms with Crippen LogP contribution in [0.25, 0.3) is 0 Å². The molecule has 0 amide bonds. The SMILES string of the molecule is C[Si](C)(C)C(CN)Cc1ccc(C(F)(F)F)cc1. The fourth-order valence-corrected chi connectivity index (χ4v) is 3.41. The lowest BCUT2D eigenvalue weighted by molar-refractivity contribution is -0.137. The standard InChI is InChI=1S/C13H20F3NSi/c1-18(2,3)12(9-17)8-10-4-6-11(7-5-10)13(14,15)16/h4-7,12H,8-9,17H2,1-3H3. The van der Waals surface area contributed by atoms with Crippen LogP contribution < -0.4 is 5.73 Å². The Morgan fingerprint density at radius 2 is 1.61 bits per heavy atom. The van der Waals surface area contributed by atoms with Crippen LogP contribution in [0.4, 0.5) is 13.2 Å². The fraction of sp³-hybridized carbons (Fsp3) is 0.538. The normalized spacial score (nSPS) is 14.6. The van der Waals surface area contributed by atoms with Gasteiger partial charge in [-0.1, -0.05) is 31.8 Å². The number of alkyl halides is 3. The topological polar surface area (TPSA) is 26.0 Å². The van der Waals surface area contributed by atoms with E-state index in [2.05, 4.69) is 19.6 Å². The van der Waals surface area contributed by atoms with Crippen molar-refractivity contribution < 1.29 is 13.2 Å². The first-order chi connectivity index (χ1) is 8.14. The summed E-state index contributed by atoms with van der Waals surface area (Å²) in [6.07, 6.45) is -3.49. The van der Waals surface area contributed by atoms with Gasteiger partial charge in [0.05, 0.1) is 5.56 Å². The first-order valence-corrected chi connectivity index (χ1v) is 9.58. The highest BCUT2D eigenvalue weighted by atomic mass is 28.3. The monoisotopic (exact) mass is 275 g/mol. The smallest absolute Gasteiger partial charge is 0.330 e. The minimum absolute atomic E-state index is 0.397. The van der Waals surface area contributed by atoms with E-state index in [4.69, 9.17) is 5.73 Å². The van der Waals surface area contributed by atoms with Gasteiger partial charge in [0.1, 0.15) is 0 Å². The Kier molecular flexibility index (Phi) is 4.61. The second kappa shape index (κ2) is 5.44. The molecule has 0 aliphatic carbocycles. The molecular formula is C13H20F3NSi. The van der Waals surface area contributed by atoms with Gasteiger partial charge in [0.15, 0.2) is 0 Å². The van der Waals surface area contributed by atoms with Crippen LogP contribution in [0.5, 0.6) is 0 Å². The van der Waals surface area contributed by atoms with Crippen LogP contribution in [0.3, 0.4) is 0 Å². The molecule has 0 aromatic heterocycles. The molecule has 1 aromatic rings. The lowest BCUT2D eigenvalue weighted by Crippen LogP contribution is -2.34. The van der Waals surface area contributed by atoms with Crippen LogP contribution in [0.1, 0.15) is 11.1 Å². The zero-order valence-corrected chi connectivity index (χ0v) is 12.0. The Morgan fingerprint density at radius 3 is 1.94 bits per heavy atom. The minimum atomic E-state index is -4.26. The van der Waals surface area contributed by atoms with Crippen LogP contribution in [-0.2, 0) is 12.6 Å². The van der Waals surface area contributed by atoms with Crippen LogP contribution >= 0.6 is 0 Å². The van der Waals surface area contributed by atoms with Gasteiger partial charge in [0.25, 0.3) is 0 Å². The Bertz CT molecular complexity index is 379. The van der Waals surface area contributed by atoms with Gasteiger partial charge in [-0.15, -0.1) is 0 Å². The van der Waals surface area contributed by atoms with Crippen LogP contribution in [-0.4, -0.2) is 14.6 Å². The molecule has 1 atom stereocenters. The molecule has 0 aliphatic rings. The number of halogens is 3. The van der Waals surface area contributed by atoms with Gasteiger partial charge in [-0.05, 0) is 36.2 Å². The maximum absolute atomic E-state index is 12.4. The quantitative estimate of drug-likeness (QED) is 0.828. The van der Waals surface area contributed by atoms with Crippen molar-refractivity contribution in [2.24, 2.45) is 5.73 Å². The molecule has 0 spiro atoms. The van der Waals surface area contributed by atoms with Gasteiger partial charge in [-0.2, -0.15) is 13.2 Å². The first-order valence-electron chi connectivity index (χ1n) is 6.01. The molecule has 0 fully saturated rings. The molecule has 0 bridgehead atoms. The average Bonchev–Trinajstić information content (AvgIpc) is 2.23. The van der Waals surface area contributed by atoms with Gasteiger partial charge in [0.2, 0.25) is 0 Å². The summed E-state index contributed by atoms with van der Waals surface area (Å²) in [5, 5.41) is 0. The van der Waals surface area contributed by atoms with E-state index in [1.54, 1.807) is 12.1 Å². The summed E-state index contributed by atoms with van der Waals surface area (Å²) in [6.45, 7) is 7.29. The van der Waals surface area contributed by atoms with Crippen molar-refractivity contribution in [3.63, 3.8) is 0 Å². The zero-order chi connectivity index (χ0) is 14.0. The van der Waals surface area contributed by atoms with Gasteiger partial charge in [-0.3, -0.25) is 0 Å². The van der Waals surface area contributed by atoms with Crippen molar-refractivity contribution in [3.8, 4) is 0 Å². The summed E-state index contributed by atoms with van der Waals surface area (Å²) in [5.74, 6) is 0. The largest absolute Gasteiger partial charge is 0.416 e. The number of rotatable bonds is 4. The summed E-state index contributed by atoms with van der Waals surface area (Å²) in [7, 11) is -1.37. The zero-order valence-electron chi connectivity index (χ0n) is 11.0. The Hall–Kier alpha value is -0.813. The molecule has 0 heterocycles. The van der Waals surface area contributed by atoms with Crippen LogP contribution in [0, 0.1) is 0 Å². The number of benzene rings is 1. The van der Waals surface area contributed by atoms with E-state index >= 15 is 0 Å². The molecule has 0 radical (unpaired) electrons. The molecule has 18 heavy (non-hydrogen) atoms. The van der Waals surface area contributed by atoms with Gasteiger partial charge in [-0.25, -0.2) is 0 Å². The molecule has 0 aliphatic heterocycles. The molecule has 0 saturated heterocycles. The second-order valence-electron chi connectivity index (χ2n) is 5.70. The third-order valence-electron chi connectivity index (χ3n) is 3.27. The van der Waals surface area contributed by atoms with Gasteiger partial charge < -0.3 is 5.73 Å². The van der Waals surface area contributed by atoms with Crippen molar-refractivity contribution in [3.05, 3.63) is 35.4 Å². The Morgan fingerprint density at radius 1 is 1.11 bits per heavy atom. The minimum Gasteiger partial charge on any atom is -0.330 e. The maximum atomic E-state index is 12.4. The molecule has 2 N–H and O–H groups in total. The van der Waals surface area contributed by atoms with E-state index in [-0.39, 0.29) is 0 Å². The number of nitrogens with two attached hydrogens (primary N) is 1.